The van der Waals surface area contributed by atoms with Crippen LogP contribution in [0.3, 0.4) is 0 Å². The van der Waals surface area contributed by atoms with Crippen LogP contribution in [0.25, 0.3) is 0 Å². The second-order valence-corrected chi connectivity index (χ2v) is 5.97. The molecule has 3 rings (SSSR count). The van der Waals surface area contributed by atoms with Gasteiger partial charge >= 0.3 is 6.03 Å². The molecule has 0 atom stereocenters. The third-order valence-corrected chi connectivity index (χ3v) is 4.36. The number of carbonyl (C=O) groups excluding carboxylic acids is 1. The topological polar surface area (TPSA) is 72.1 Å². The first-order valence-corrected chi connectivity index (χ1v) is 8.42. The molecule has 2 aliphatic rings. The number of morpholine rings is 1. The van der Waals surface area contributed by atoms with E-state index in [0.717, 1.165) is 44.8 Å². The van der Waals surface area contributed by atoms with E-state index in [2.05, 4.69) is 15.5 Å². The molecule has 2 aliphatic heterocycles. The van der Waals surface area contributed by atoms with Gasteiger partial charge < -0.3 is 29.7 Å². The van der Waals surface area contributed by atoms with E-state index in [9.17, 15) is 4.79 Å². The van der Waals surface area contributed by atoms with Crippen molar-refractivity contribution in [1.29, 1.82) is 0 Å². The lowest BCUT2D eigenvalue weighted by Gasteiger charge is -2.29. The molecule has 0 spiro atoms. The fourth-order valence-corrected chi connectivity index (χ4v) is 3.00. The number of rotatable bonds is 4. The average molecular weight is 335 g/mol. The summed E-state index contributed by atoms with van der Waals surface area (Å²) in [5, 5.41) is 5.91. The molecule has 2 heterocycles. The first-order chi connectivity index (χ1) is 11.8. The number of anilines is 2. The number of hydrogen-bond donors (Lipinski definition) is 2. The minimum atomic E-state index is -0.209. The molecule has 1 aromatic rings. The number of hydrogen-bond acceptors (Lipinski definition) is 5. The number of ether oxygens (including phenoxy) is 3. The van der Waals surface area contributed by atoms with Crippen molar-refractivity contribution in [3.63, 3.8) is 0 Å². The number of nitrogens with one attached hydrogen (secondary N) is 2. The molecule has 7 nitrogen and oxygen atoms in total. The molecule has 24 heavy (non-hydrogen) atoms. The molecule has 7 heteroatoms. The highest BCUT2D eigenvalue weighted by molar-refractivity contribution is 5.92. The Balaban J connectivity index is 1.66. The Morgan fingerprint density at radius 3 is 2.58 bits per heavy atom. The largest absolute Gasteiger partial charge is 0.495 e. The van der Waals surface area contributed by atoms with Crippen LogP contribution >= 0.6 is 0 Å². The number of benzene rings is 1. The fourth-order valence-electron chi connectivity index (χ4n) is 3.00. The summed E-state index contributed by atoms with van der Waals surface area (Å²) < 4.78 is 16.1. The van der Waals surface area contributed by atoms with Gasteiger partial charge in [0.05, 0.1) is 26.0 Å². The van der Waals surface area contributed by atoms with Gasteiger partial charge in [-0.15, -0.1) is 0 Å². The van der Waals surface area contributed by atoms with E-state index >= 15 is 0 Å². The Morgan fingerprint density at radius 1 is 1.17 bits per heavy atom. The molecule has 0 unspecified atom stereocenters. The van der Waals surface area contributed by atoms with Crippen LogP contribution in [0.1, 0.15) is 12.8 Å². The molecule has 0 radical (unpaired) electrons. The van der Waals surface area contributed by atoms with Gasteiger partial charge in [0, 0.05) is 38.0 Å². The molecule has 2 saturated heterocycles. The minimum absolute atomic E-state index is 0.159. The van der Waals surface area contributed by atoms with Gasteiger partial charge in [0.1, 0.15) is 5.75 Å². The summed E-state index contributed by atoms with van der Waals surface area (Å²) in [7, 11) is 1.60. The minimum Gasteiger partial charge on any atom is -0.495 e. The van der Waals surface area contributed by atoms with Crippen LogP contribution in [0.2, 0.25) is 0 Å². The van der Waals surface area contributed by atoms with E-state index in [0.29, 0.717) is 24.7 Å². The number of nitrogens with zero attached hydrogens (tertiary/aromatic N) is 1. The molecule has 2 amide bonds. The van der Waals surface area contributed by atoms with Crippen LogP contribution in [0, 0.1) is 0 Å². The Morgan fingerprint density at radius 2 is 1.88 bits per heavy atom. The molecule has 2 N–H and O–H groups in total. The van der Waals surface area contributed by atoms with Crippen molar-refractivity contribution < 1.29 is 19.0 Å². The predicted molar refractivity (Wildman–Crippen MR) is 92.0 cm³/mol. The van der Waals surface area contributed by atoms with Crippen LogP contribution in [0.5, 0.6) is 5.75 Å². The summed E-state index contributed by atoms with van der Waals surface area (Å²) in [6.45, 7) is 4.53. The van der Waals surface area contributed by atoms with Gasteiger partial charge in [-0.05, 0) is 31.0 Å². The summed E-state index contributed by atoms with van der Waals surface area (Å²) in [6, 6.07) is 5.79. The van der Waals surface area contributed by atoms with Crippen LogP contribution < -0.4 is 20.3 Å². The summed E-state index contributed by atoms with van der Waals surface area (Å²) in [5.74, 6) is 0.647. The Bertz CT molecular complexity index is 555. The van der Waals surface area contributed by atoms with Gasteiger partial charge in [-0.25, -0.2) is 4.79 Å². The SMILES string of the molecule is COc1ccc(N2CCOCC2)cc1NC(=O)NC1CCOCC1. The second-order valence-electron chi connectivity index (χ2n) is 5.97. The van der Waals surface area contributed by atoms with Gasteiger partial charge in [0.25, 0.3) is 0 Å². The number of amides is 2. The lowest BCUT2D eigenvalue weighted by atomic mass is 10.1. The van der Waals surface area contributed by atoms with E-state index in [-0.39, 0.29) is 12.1 Å². The smallest absolute Gasteiger partial charge is 0.319 e. The molecule has 0 aliphatic carbocycles. The van der Waals surface area contributed by atoms with Gasteiger partial charge in [-0.1, -0.05) is 0 Å². The molecule has 1 aromatic carbocycles. The number of urea groups is 1. The molecule has 0 saturated carbocycles. The first-order valence-electron chi connectivity index (χ1n) is 8.42. The van der Waals surface area contributed by atoms with Crippen LogP contribution in [-0.2, 0) is 9.47 Å². The lowest BCUT2D eigenvalue weighted by molar-refractivity contribution is 0.0806. The normalized spacial score (nSPS) is 19.0. The first kappa shape index (κ1) is 16.9. The monoisotopic (exact) mass is 335 g/mol. The van der Waals surface area contributed by atoms with Gasteiger partial charge in [0.15, 0.2) is 0 Å². The highest BCUT2D eigenvalue weighted by Gasteiger charge is 2.18. The van der Waals surface area contributed by atoms with Crippen molar-refractivity contribution in [2.24, 2.45) is 0 Å². The summed E-state index contributed by atoms with van der Waals surface area (Å²) >= 11 is 0. The lowest BCUT2D eigenvalue weighted by Crippen LogP contribution is -2.41. The second kappa shape index (κ2) is 8.21. The van der Waals surface area contributed by atoms with Crippen molar-refractivity contribution in [1.82, 2.24) is 5.32 Å². The van der Waals surface area contributed by atoms with E-state index < -0.39 is 0 Å². The van der Waals surface area contributed by atoms with Gasteiger partial charge in [-0.2, -0.15) is 0 Å². The Labute approximate surface area is 142 Å². The Hall–Kier alpha value is -1.99. The molecule has 2 fully saturated rings. The maximum absolute atomic E-state index is 12.3. The Kier molecular flexibility index (Phi) is 5.77. The quantitative estimate of drug-likeness (QED) is 0.878. The van der Waals surface area contributed by atoms with E-state index in [1.54, 1.807) is 7.11 Å². The van der Waals surface area contributed by atoms with Gasteiger partial charge in [0.2, 0.25) is 0 Å². The molecular weight excluding hydrogens is 310 g/mol. The summed E-state index contributed by atoms with van der Waals surface area (Å²) in [4.78, 5) is 14.5. The number of carbonyl (C=O) groups is 1. The highest BCUT2D eigenvalue weighted by Crippen LogP contribution is 2.30. The number of methoxy groups -OCH3 is 1. The van der Waals surface area contributed by atoms with Crippen molar-refractivity contribution in [2.45, 2.75) is 18.9 Å². The highest BCUT2D eigenvalue weighted by atomic mass is 16.5. The third-order valence-electron chi connectivity index (χ3n) is 4.36. The van der Waals surface area contributed by atoms with Crippen LogP contribution in [-0.4, -0.2) is 58.7 Å². The zero-order valence-corrected chi connectivity index (χ0v) is 14.0. The third kappa shape index (κ3) is 4.30. The predicted octanol–water partition coefficient (Wildman–Crippen LogP) is 1.83. The zero-order valence-electron chi connectivity index (χ0n) is 14.0. The van der Waals surface area contributed by atoms with Gasteiger partial charge in [-0.3, -0.25) is 0 Å². The van der Waals surface area contributed by atoms with Crippen molar-refractivity contribution in [3.05, 3.63) is 18.2 Å². The van der Waals surface area contributed by atoms with Crippen LogP contribution in [0.4, 0.5) is 16.2 Å². The van der Waals surface area contributed by atoms with Crippen molar-refractivity contribution in [3.8, 4) is 5.75 Å². The van der Waals surface area contributed by atoms with Crippen LogP contribution in [0.15, 0.2) is 18.2 Å². The average Bonchev–Trinajstić information content (AvgIpc) is 2.63. The molecule has 0 bridgehead atoms. The van der Waals surface area contributed by atoms with E-state index in [1.165, 1.54) is 0 Å². The summed E-state index contributed by atoms with van der Waals surface area (Å²) in [5.41, 5.74) is 1.73. The van der Waals surface area contributed by atoms with Crippen molar-refractivity contribution >= 4 is 17.4 Å². The molecule has 0 aromatic heterocycles. The van der Waals surface area contributed by atoms with E-state index in [1.807, 2.05) is 18.2 Å². The maximum atomic E-state index is 12.3. The van der Waals surface area contributed by atoms with E-state index in [4.69, 9.17) is 14.2 Å². The standard InChI is InChI=1S/C17H25N3O4/c1-22-16-3-2-14(20-6-10-24-11-7-20)12-15(16)19-17(21)18-13-4-8-23-9-5-13/h2-3,12-13H,4-11H2,1H3,(H2,18,19,21). The maximum Gasteiger partial charge on any atom is 0.319 e. The van der Waals surface area contributed by atoms with Crippen molar-refractivity contribution in [2.75, 3.05) is 56.8 Å². The molecular formula is C17H25N3O4. The zero-order chi connectivity index (χ0) is 16.8. The molecule has 132 valence electrons. The fraction of sp³-hybridized carbons (Fsp3) is 0.588. The summed E-state index contributed by atoms with van der Waals surface area (Å²) in [6.07, 6.45) is 1.69.